The molecule has 2 aliphatic rings. The lowest BCUT2D eigenvalue weighted by Crippen LogP contribution is -2.49. The molecule has 4 nitrogen and oxygen atoms in total. The van der Waals surface area contributed by atoms with Gasteiger partial charge in [-0.3, -0.25) is 9.69 Å². The molecule has 4 rings (SSSR count). The molecule has 2 fully saturated rings. The number of carbonyl (C=O) groups is 1. The second kappa shape index (κ2) is 10.1. The third-order valence-electron chi connectivity index (χ3n) is 6.74. The molecule has 2 unspecified atom stereocenters. The van der Waals surface area contributed by atoms with E-state index in [9.17, 15) is 4.79 Å². The standard InChI is InChI=1S/C26H34N2O2/c1-30-25-15-11-20(12-16-25)7-5-6-10-26(29)27-22-17-23-13-14-24(18-22)28(23)19-21-8-3-2-4-9-21/h2-4,8-9,11-12,15-16,22-24H,5-7,10,13-14,17-19H2,1H3,(H,27,29). The number of ether oxygens (including phenoxy) is 1. The zero-order valence-corrected chi connectivity index (χ0v) is 18.1. The van der Waals surface area contributed by atoms with Crippen LogP contribution in [0, 0.1) is 0 Å². The summed E-state index contributed by atoms with van der Waals surface area (Å²) in [6, 6.07) is 20.6. The fraction of sp³-hybridized carbons (Fsp3) is 0.500. The minimum Gasteiger partial charge on any atom is -0.497 e. The first kappa shape index (κ1) is 20.9. The van der Waals surface area contributed by atoms with Crippen LogP contribution in [0.3, 0.4) is 0 Å². The fourth-order valence-electron chi connectivity index (χ4n) is 5.15. The summed E-state index contributed by atoms with van der Waals surface area (Å²) < 4.78 is 5.20. The first-order chi connectivity index (χ1) is 14.7. The molecule has 0 spiro atoms. The van der Waals surface area contributed by atoms with E-state index in [2.05, 4.69) is 52.7 Å². The number of aryl methyl sites for hydroxylation is 1. The summed E-state index contributed by atoms with van der Waals surface area (Å²) >= 11 is 0. The Morgan fingerprint density at radius 1 is 0.967 bits per heavy atom. The lowest BCUT2D eigenvalue weighted by Gasteiger charge is -2.39. The molecule has 4 heteroatoms. The average molecular weight is 407 g/mol. The van der Waals surface area contributed by atoms with E-state index in [1.54, 1.807) is 7.11 Å². The molecule has 2 atom stereocenters. The summed E-state index contributed by atoms with van der Waals surface area (Å²) in [6.45, 7) is 1.04. The van der Waals surface area contributed by atoms with Crippen LogP contribution in [0.2, 0.25) is 0 Å². The van der Waals surface area contributed by atoms with Crippen LogP contribution >= 0.6 is 0 Å². The van der Waals surface area contributed by atoms with Gasteiger partial charge in [-0.05, 0) is 68.2 Å². The number of hydrogen-bond donors (Lipinski definition) is 1. The lowest BCUT2D eigenvalue weighted by molar-refractivity contribution is -0.122. The number of methoxy groups -OCH3 is 1. The second-order valence-corrected chi connectivity index (χ2v) is 8.83. The zero-order chi connectivity index (χ0) is 20.8. The normalized spacial score (nSPS) is 23.3. The van der Waals surface area contributed by atoms with E-state index < -0.39 is 0 Å². The number of fused-ring (bicyclic) bond motifs is 2. The second-order valence-electron chi connectivity index (χ2n) is 8.83. The lowest BCUT2D eigenvalue weighted by atomic mass is 9.96. The molecule has 0 radical (unpaired) electrons. The molecule has 2 bridgehead atoms. The first-order valence-corrected chi connectivity index (χ1v) is 11.4. The van der Waals surface area contributed by atoms with Gasteiger partial charge in [0.2, 0.25) is 5.91 Å². The van der Waals surface area contributed by atoms with E-state index in [1.807, 2.05) is 12.1 Å². The summed E-state index contributed by atoms with van der Waals surface area (Å²) in [4.78, 5) is 15.1. The van der Waals surface area contributed by atoms with Crippen molar-refractivity contribution in [1.29, 1.82) is 0 Å². The predicted molar refractivity (Wildman–Crippen MR) is 121 cm³/mol. The van der Waals surface area contributed by atoms with E-state index in [1.165, 1.54) is 24.0 Å². The van der Waals surface area contributed by atoms with Crippen LogP contribution in [0.25, 0.3) is 0 Å². The highest BCUT2D eigenvalue weighted by atomic mass is 16.5. The number of nitrogens with one attached hydrogen (secondary N) is 1. The molecule has 2 saturated heterocycles. The molecule has 1 amide bonds. The van der Waals surface area contributed by atoms with Gasteiger partial charge in [-0.15, -0.1) is 0 Å². The number of carbonyl (C=O) groups excluding carboxylic acids is 1. The van der Waals surface area contributed by atoms with Crippen LogP contribution in [0.1, 0.15) is 56.1 Å². The maximum absolute atomic E-state index is 12.5. The van der Waals surface area contributed by atoms with Gasteiger partial charge in [0.1, 0.15) is 5.75 Å². The number of unbranched alkanes of at least 4 members (excludes halogenated alkanes) is 1. The SMILES string of the molecule is COc1ccc(CCCCC(=O)NC2CC3CCC(C2)N3Cc2ccccc2)cc1. The highest BCUT2D eigenvalue weighted by Gasteiger charge is 2.40. The van der Waals surface area contributed by atoms with Crippen molar-refractivity contribution in [2.45, 2.75) is 76.0 Å². The monoisotopic (exact) mass is 406 g/mol. The van der Waals surface area contributed by atoms with Crippen LogP contribution in [0.15, 0.2) is 54.6 Å². The van der Waals surface area contributed by atoms with Gasteiger partial charge in [0.25, 0.3) is 0 Å². The predicted octanol–water partition coefficient (Wildman–Crippen LogP) is 4.72. The number of hydrogen-bond acceptors (Lipinski definition) is 3. The van der Waals surface area contributed by atoms with E-state index in [-0.39, 0.29) is 5.91 Å². The summed E-state index contributed by atoms with van der Waals surface area (Å²) in [7, 11) is 1.69. The van der Waals surface area contributed by atoms with E-state index >= 15 is 0 Å². The summed E-state index contributed by atoms with van der Waals surface area (Å²) in [5.74, 6) is 1.12. The first-order valence-electron chi connectivity index (χ1n) is 11.4. The van der Waals surface area contributed by atoms with Crippen molar-refractivity contribution < 1.29 is 9.53 Å². The topological polar surface area (TPSA) is 41.6 Å². The molecule has 2 aliphatic heterocycles. The number of piperidine rings is 1. The Hall–Kier alpha value is -2.33. The molecular weight excluding hydrogens is 372 g/mol. The number of rotatable bonds is 9. The van der Waals surface area contributed by atoms with E-state index in [0.29, 0.717) is 24.5 Å². The van der Waals surface area contributed by atoms with Gasteiger partial charge in [-0.25, -0.2) is 0 Å². The fourth-order valence-corrected chi connectivity index (χ4v) is 5.15. The van der Waals surface area contributed by atoms with Crippen molar-refractivity contribution in [2.24, 2.45) is 0 Å². The summed E-state index contributed by atoms with van der Waals surface area (Å²) in [6.07, 6.45) is 8.37. The molecular formula is C26H34N2O2. The molecule has 0 saturated carbocycles. The van der Waals surface area contributed by atoms with Crippen LogP contribution in [-0.2, 0) is 17.8 Å². The molecule has 0 aliphatic carbocycles. The molecule has 1 N–H and O–H groups in total. The van der Waals surface area contributed by atoms with Gasteiger partial charge >= 0.3 is 0 Å². The van der Waals surface area contributed by atoms with Gasteiger partial charge < -0.3 is 10.1 Å². The third kappa shape index (κ3) is 5.42. The molecule has 30 heavy (non-hydrogen) atoms. The molecule has 2 aromatic rings. The highest BCUT2D eigenvalue weighted by Crippen LogP contribution is 2.36. The number of nitrogens with zero attached hydrogens (tertiary/aromatic N) is 1. The molecule has 2 aromatic carbocycles. The van der Waals surface area contributed by atoms with Crippen molar-refractivity contribution in [2.75, 3.05) is 7.11 Å². The Kier molecular flexibility index (Phi) is 7.06. The minimum absolute atomic E-state index is 0.227. The Balaban J connectivity index is 1.17. The van der Waals surface area contributed by atoms with Crippen molar-refractivity contribution >= 4 is 5.91 Å². The maximum atomic E-state index is 12.5. The Bertz CT molecular complexity index is 792. The van der Waals surface area contributed by atoms with Crippen LogP contribution in [0.4, 0.5) is 0 Å². The van der Waals surface area contributed by atoms with Gasteiger partial charge in [0.15, 0.2) is 0 Å². The summed E-state index contributed by atoms with van der Waals surface area (Å²) in [5, 5.41) is 3.34. The van der Waals surface area contributed by atoms with E-state index in [4.69, 9.17) is 4.74 Å². The van der Waals surface area contributed by atoms with Gasteiger partial charge in [-0.2, -0.15) is 0 Å². The number of amides is 1. The van der Waals surface area contributed by atoms with Crippen LogP contribution < -0.4 is 10.1 Å². The number of benzene rings is 2. The smallest absolute Gasteiger partial charge is 0.220 e. The van der Waals surface area contributed by atoms with Crippen molar-refractivity contribution in [1.82, 2.24) is 10.2 Å². The molecule has 2 heterocycles. The molecule has 0 aromatic heterocycles. The van der Waals surface area contributed by atoms with Gasteiger partial charge in [0, 0.05) is 31.1 Å². The van der Waals surface area contributed by atoms with Crippen molar-refractivity contribution in [3.05, 3.63) is 65.7 Å². The minimum atomic E-state index is 0.227. The Labute approximate surface area is 180 Å². The van der Waals surface area contributed by atoms with E-state index in [0.717, 1.165) is 44.4 Å². The van der Waals surface area contributed by atoms with Crippen LogP contribution in [0.5, 0.6) is 5.75 Å². The summed E-state index contributed by atoms with van der Waals surface area (Å²) in [5.41, 5.74) is 2.70. The Morgan fingerprint density at radius 3 is 2.33 bits per heavy atom. The average Bonchev–Trinajstić information content (AvgIpc) is 3.00. The highest BCUT2D eigenvalue weighted by molar-refractivity contribution is 5.76. The third-order valence-corrected chi connectivity index (χ3v) is 6.74. The Morgan fingerprint density at radius 2 is 1.67 bits per heavy atom. The zero-order valence-electron chi connectivity index (χ0n) is 18.1. The largest absolute Gasteiger partial charge is 0.497 e. The van der Waals surface area contributed by atoms with Crippen LogP contribution in [-0.4, -0.2) is 36.0 Å². The van der Waals surface area contributed by atoms with Crippen molar-refractivity contribution in [3.63, 3.8) is 0 Å². The quantitative estimate of drug-likeness (QED) is 0.613. The van der Waals surface area contributed by atoms with Crippen molar-refractivity contribution in [3.8, 4) is 5.75 Å². The van der Waals surface area contributed by atoms with Gasteiger partial charge in [0.05, 0.1) is 7.11 Å². The van der Waals surface area contributed by atoms with Gasteiger partial charge in [-0.1, -0.05) is 42.5 Å². The molecule has 160 valence electrons. The maximum Gasteiger partial charge on any atom is 0.220 e.